The molecule has 0 aliphatic carbocycles. The molecular weight excluding hydrogens is 269 g/mol. The average molecular weight is 289 g/mol. The van der Waals surface area contributed by atoms with Gasteiger partial charge in [-0.25, -0.2) is 4.39 Å². The fraction of sp³-hybridized carbons (Fsp3) is 0.375. The van der Waals surface area contributed by atoms with Gasteiger partial charge in [0.2, 0.25) is 5.91 Å². The van der Waals surface area contributed by atoms with E-state index in [4.69, 9.17) is 0 Å². The lowest BCUT2D eigenvalue weighted by Crippen LogP contribution is -2.17. The monoisotopic (exact) mass is 289 g/mol. The van der Waals surface area contributed by atoms with Gasteiger partial charge in [-0.2, -0.15) is 5.10 Å². The Morgan fingerprint density at radius 1 is 1.43 bits per heavy atom. The Bertz CT molecular complexity index is 636. The minimum absolute atomic E-state index is 0.0755. The number of hydrogen-bond donors (Lipinski definition) is 2. The Balaban J connectivity index is 1.89. The maximum absolute atomic E-state index is 13.1. The molecule has 1 aromatic carbocycles. The van der Waals surface area contributed by atoms with Crippen LogP contribution in [-0.4, -0.2) is 16.1 Å². The highest BCUT2D eigenvalue weighted by Crippen LogP contribution is 2.17. The molecule has 1 atom stereocenters. The van der Waals surface area contributed by atoms with Crippen LogP contribution in [0.5, 0.6) is 0 Å². The lowest BCUT2D eigenvalue weighted by molar-refractivity contribution is -0.117. The van der Waals surface area contributed by atoms with Crippen LogP contribution < -0.4 is 5.32 Å². The summed E-state index contributed by atoms with van der Waals surface area (Å²) in [6, 6.07) is 6.49. The number of aromatic nitrogens is 2. The second-order valence-corrected chi connectivity index (χ2v) is 5.51. The van der Waals surface area contributed by atoms with Crippen molar-refractivity contribution in [3.05, 3.63) is 46.9 Å². The Kier molecular flexibility index (Phi) is 4.73. The first-order chi connectivity index (χ1) is 9.95. The van der Waals surface area contributed by atoms with Crippen molar-refractivity contribution >= 4 is 11.7 Å². The van der Waals surface area contributed by atoms with E-state index in [0.29, 0.717) is 18.7 Å². The van der Waals surface area contributed by atoms with E-state index < -0.39 is 0 Å². The van der Waals surface area contributed by atoms with E-state index >= 15 is 0 Å². The summed E-state index contributed by atoms with van der Waals surface area (Å²) in [5, 5.41) is 9.69. The summed E-state index contributed by atoms with van der Waals surface area (Å²) in [6.07, 6.45) is 1.05. The molecule has 2 N–H and O–H groups in total. The molecule has 0 radical (unpaired) electrons. The zero-order chi connectivity index (χ0) is 15.4. The summed E-state index contributed by atoms with van der Waals surface area (Å²) >= 11 is 0. The molecule has 1 unspecified atom stereocenters. The first-order valence-corrected chi connectivity index (χ1v) is 7.01. The zero-order valence-corrected chi connectivity index (χ0v) is 12.5. The molecule has 0 spiro atoms. The number of aromatic amines is 1. The molecule has 0 aliphatic heterocycles. The van der Waals surface area contributed by atoms with Crippen molar-refractivity contribution in [2.45, 2.75) is 33.6 Å². The molecule has 2 rings (SSSR count). The van der Waals surface area contributed by atoms with Crippen LogP contribution in [0, 0.1) is 25.6 Å². The van der Waals surface area contributed by atoms with Gasteiger partial charge in [-0.1, -0.05) is 19.1 Å². The third-order valence-electron chi connectivity index (χ3n) is 3.52. The summed E-state index contributed by atoms with van der Waals surface area (Å²) in [7, 11) is 0. The van der Waals surface area contributed by atoms with Gasteiger partial charge in [0.05, 0.1) is 0 Å². The second kappa shape index (κ2) is 6.52. The first-order valence-electron chi connectivity index (χ1n) is 7.01. The highest BCUT2D eigenvalue weighted by atomic mass is 19.1. The Labute approximate surface area is 123 Å². The Morgan fingerprint density at radius 2 is 2.19 bits per heavy atom. The predicted molar refractivity (Wildman–Crippen MR) is 80.6 cm³/mol. The van der Waals surface area contributed by atoms with Gasteiger partial charge in [0.15, 0.2) is 5.82 Å². The molecule has 0 bridgehead atoms. The third kappa shape index (κ3) is 4.15. The number of nitrogens with one attached hydrogen (secondary N) is 2. The van der Waals surface area contributed by atoms with E-state index in [2.05, 4.69) is 15.5 Å². The minimum Gasteiger partial charge on any atom is -0.309 e. The number of amides is 1. The number of halogens is 1. The number of nitrogens with zero attached hydrogens (tertiary/aromatic N) is 1. The number of hydrogen-bond acceptors (Lipinski definition) is 2. The van der Waals surface area contributed by atoms with E-state index in [9.17, 15) is 9.18 Å². The van der Waals surface area contributed by atoms with Crippen LogP contribution >= 0.6 is 0 Å². The third-order valence-corrected chi connectivity index (χ3v) is 3.52. The molecule has 5 heteroatoms. The van der Waals surface area contributed by atoms with E-state index in [0.717, 1.165) is 16.8 Å². The molecule has 0 saturated carbocycles. The minimum atomic E-state index is -0.244. The largest absolute Gasteiger partial charge is 0.309 e. The fourth-order valence-corrected chi connectivity index (χ4v) is 2.24. The van der Waals surface area contributed by atoms with Crippen LogP contribution in [0.3, 0.4) is 0 Å². The van der Waals surface area contributed by atoms with E-state index in [1.165, 1.54) is 12.1 Å². The normalized spacial score (nSPS) is 12.2. The van der Waals surface area contributed by atoms with Crippen LogP contribution in [0.1, 0.15) is 30.2 Å². The van der Waals surface area contributed by atoms with Crippen LogP contribution in [-0.2, 0) is 11.2 Å². The quantitative estimate of drug-likeness (QED) is 0.886. The van der Waals surface area contributed by atoms with Gasteiger partial charge >= 0.3 is 0 Å². The molecule has 0 aliphatic rings. The van der Waals surface area contributed by atoms with Crippen molar-refractivity contribution in [2.24, 2.45) is 5.92 Å². The second-order valence-electron chi connectivity index (χ2n) is 5.51. The SMILES string of the molecule is Cc1[nH]nc(NC(=O)CC(C)Cc2cccc(F)c2)c1C. The fourth-order valence-electron chi connectivity index (χ4n) is 2.24. The Morgan fingerprint density at radius 3 is 2.81 bits per heavy atom. The number of rotatable bonds is 5. The molecule has 4 nitrogen and oxygen atoms in total. The summed E-state index contributed by atoms with van der Waals surface area (Å²) in [6.45, 7) is 5.79. The highest BCUT2D eigenvalue weighted by Gasteiger charge is 2.13. The molecule has 1 amide bonds. The zero-order valence-electron chi connectivity index (χ0n) is 12.5. The van der Waals surface area contributed by atoms with Crippen molar-refractivity contribution in [2.75, 3.05) is 5.32 Å². The molecule has 21 heavy (non-hydrogen) atoms. The number of carbonyl (C=O) groups excluding carboxylic acids is 1. The average Bonchev–Trinajstić information content (AvgIpc) is 2.70. The maximum Gasteiger partial charge on any atom is 0.225 e. The highest BCUT2D eigenvalue weighted by molar-refractivity contribution is 5.90. The van der Waals surface area contributed by atoms with Gasteiger partial charge < -0.3 is 5.32 Å². The smallest absolute Gasteiger partial charge is 0.225 e. The van der Waals surface area contributed by atoms with Crippen molar-refractivity contribution in [3.8, 4) is 0 Å². The molecule has 112 valence electrons. The van der Waals surface area contributed by atoms with Crippen molar-refractivity contribution < 1.29 is 9.18 Å². The van der Waals surface area contributed by atoms with Crippen LogP contribution in [0.15, 0.2) is 24.3 Å². The van der Waals surface area contributed by atoms with Crippen LogP contribution in [0.4, 0.5) is 10.2 Å². The molecule has 2 aromatic rings. The molecular formula is C16H20FN3O. The molecule has 1 aromatic heterocycles. The van der Waals surface area contributed by atoms with Crippen molar-refractivity contribution in [3.63, 3.8) is 0 Å². The van der Waals surface area contributed by atoms with Crippen LogP contribution in [0.25, 0.3) is 0 Å². The van der Waals surface area contributed by atoms with E-state index in [1.54, 1.807) is 6.07 Å². The number of aryl methyl sites for hydroxylation is 1. The van der Waals surface area contributed by atoms with Gasteiger partial charge in [0.1, 0.15) is 5.82 Å². The first kappa shape index (κ1) is 15.2. The molecule has 1 heterocycles. The predicted octanol–water partition coefficient (Wildman–Crippen LogP) is 3.37. The van der Waals surface area contributed by atoms with E-state index in [1.807, 2.05) is 26.8 Å². The standard InChI is InChI=1S/C16H20FN3O/c1-10(7-13-5-4-6-14(17)9-13)8-15(21)18-16-11(2)12(3)19-20-16/h4-6,9-10H,7-8H2,1-3H3,(H2,18,19,20,21). The number of carbonyl (C=O) groups is 1. The van der Waals surface area contributed by atoms with Gasteiger partial charge in [0.25, 0.3) is 0 Å². The lowest BCUT2D eigenvalue weighted by atomic mass is 9.98. The van der Waals surface area contributed by atoms with Crippen molar-refractivity contribution in [1.29, 1.82) is 0 Å². The van der Waals surface area contributed by atoms with Gasteiger partial charge in [-0.15, -0.1) is 0 Å². The summed E-state index contributed by atoms with van der Waals surface area (Å²) in [5.74, 6) is 0.392. The van der Waals surface area contributed by atoms with E-state index in [-0.39, 0.29) is 17.6 Å². The number of anilines is 1. The summed E-state index contributed by atoms with van der Waals surface area (Å²) in [4.78, 5) is 12.0. The topological polar surface area (TPSA) is 57.8 Å². The summed E-state index contributed by atoms with van der Waals surface area (Å²) < 4.78 is 13.1. The number of benzene rings is 1. The Hall–Kier alpha value is -2.17. The van der Waals surface area contributed by atoms with Gasteiger partial charge in [0, 0.05) is 17.7 Å². The maximum atomic E-state index is 13.1. The number of H-pyrrole nitrogens is 1. The van der Waals surface area contributed by atoms with Crippen LogP contribution in [0.2, 0.25) is 0 Å². The van der Waals surface area contributed by atoms with Gasteiger partial charge in [-0.05, 0) is 43.9 Å². The lowest BCUT2D eigenvalue weighted by Gasteiger charge is -2.11. The summed E-state index contributed by atoms with van der Waals surface area (Å²) in [5.41, 5.74) is 2.79. The molecule has 0 saturated heterocycles. The van der Waals surface area contributed by atoms with Crippen molar-refractivity contribution in [1.82, 2.24) is 10.2 Å². The van der Waals surface area contributed by atoms with Gasteiger partial charge in [-0.3, -0.25) is 9.89 Å². The molecule has 0 fully saturated rings.